The van der Waals surface area contributed by atoms with E-state index in [9.17, 15) is 22.8 Å². The molecule has 0 aromatic carbocycles. The molecule has 2 heterocycles. The minimum atomic E-state index is -4.07. The molecule has 1 aliphatic carbocycles. The summed E-state index contributed by atoms with van der Waals surface area (Å²) >= 11 is 0. The van der Waals surface area contributed by atoms with Crippen LogP contribution < -0.4 is 16.0 Å². The standard InChI is InChI=1S/C25H33N3O7S/c1-6-16-13(3)15(9-10-18(29)26-11-8-12-36(32,33)34)22(27-16)20-21(25(31)35-5)24(30)19-14(4)17(7-2)28-23(19)20/h6-7,13,15,21,28H,8-12H2,1-5H3,(H,26,29)(H,32,33,34)/b16-6-,17-7-/t13-,15-,21+/m0/s1. The van der Waals surface area contributed by atoms with Gasteiger partial charge in [-0.05, 0) is 39.2 Å². The zero-order valence-electron chi connectivity index (χ0n) is 21.2. The fraction of sp³-hybridized carbons (Fsp3) is 0.520. The molecule has 3 rings (SSSR count). The van der Waals surface area contributed by atoms with E-state index in [2.05, 4.69) is 10.3 Å². The third-order valence-electron chi connectivity index (χ3n) is 6.91. The highest BCUT2D eigenvalue weighted by molar-refractivity contribution is 7.85. The Morgan fingerprint density at radius 3 is 2.53 bits per heavy atom. The van der Waals surface area contributed by atoms with E-state index in [1.807, 2.05) is 39.8 Å². The minimum absolute atomic E-state index is 0.0458. The number of methoxy groups -OCH3 is 1. The lowest BCUT2D eigenvalue weighted by Crippen LogP contribution is -2.32. The van der Waals surface area contributed by atoms with E-state index >= 15 is 0 Å². The maximum atomic E-state index is 13.4. The molecule has 0 spiro atoms. The summed E-state index contributed by atoms with van der Waals surface area (Å²) < 4.78 is 35.5. The van der Waals surface area contributed by atoms with Crippen molar-refractivity contribution < 1.29 is 32.1 Å². The first-order valence-corrected chi connectivity index (χ1v) is 13.5. The summed E-state index contributed by atoms with van der Waals surface area (Å²) in [6.45, 7) is 7.68. The second kappa shape index (κ2) is 10.9. The molecule has 0 saturated carbocycles. The number of nitrogens with one attached hydrogen (secondary N) is 2. The Bertz CT molecular complexity index is 1370. The molecule has 10 nitrogen and oxygen atoms in total. The molecule has 11 heteroatoms. The molecule has 1 amide bonds. The molecule has 0 unspecified atom stereocenters. The summed E-state index contributed by atoms with van der Waals surface area (Å²) in [5, 5.41) is 4.04. The first-order valence-electron chi connectivity index (χ1n) is 11.9. The number of H-pyrrole nitrogens is 1. The van der Waals surface area contributed by atoms with Crippen molar-refractivity contribution in [2.24, 2.45) is 22.7 Å². The summed E-state index contributed by atoms with van der Waals surface area (Å²) in [6.07, 6.45) is 4.41. The molecule has 0 saturated heterocycles. The summed E-state index contributed by atoms with van der Waals surface area (Å²) in [5.41, 5.74) is 3.14. The monoisotopic (exact) mass is 519 g/mol. The van der Waals surface area contributed by atoms with Crippen molar-refractivity contribution in [1.29, 1.82) is 0 Å². The van der Waals surface area contributed by atoms with Crippen molar-refractivity contribution in [3.63, 3.8) is 0 Å². The average molecular weight is 520 g/mol. The van der Waals surface area contributed by atoms with Crippen LogP contribution in [0.15, 0.2) is 16.8 Å². The number of aromatic amines is 1. The molecule has 196 valence electrons. The lowest BCUT2D eigenvalue weighted by Gasteiger charge is -2.21. The van der Waals surface area contributed by atoms with Gasteiger partial charge in [0.05, 0.1) is 23.9 Å². The van der Waals surface area contributed by atoms with Crippen LogP contribution in [0.3, 0.4) is 0 Å². The number of hydrogen-bond acceptors (Lipinski definition) is 7. The highest BCUT2D eigenvalue weighted by Crippen LogP contribution is 2.40. The number of amides is 1. The molecule has 0 fully saturated rings. The normalized spacial score (nSPS) is 23.3. The molecule has 3 atom stereocenters. The van der Waals surface area contributed by atoms with Gasteiger partial charge in [0.2, 0.25) is 5.91 Å². The molecule has 1 aliphatic heterocycles. The SMILES string of the molecule is C/C=C1\N=C(C2=c3[nH]/c(=C\C)c(C)c3C(=O)[C@@H]2C(=O)OC)[C@@H](CCC(=O)NCCCS(=O)(=O)O)[C@@H]1C. The van der Waals surface area contributed by atoms with Crippen LogP contribution in [0, 0.1) is 24.7 Å². The van der Waals surface area contributed by atoms with Crippen molar-refractivity contribution in [3.05, 3.63) is 33.6 Å². The zero-order chi connectivity index (χ0) is 26.8. The van der Waals surface area contributed by atoms with E-state index in [0.29, 0.717) is 28.6 Å². The number of aromatic nitrogens is 1. The Morgan fingerprint density at radius 2 is 1.94 bits per heavy atom. The van der Waals surface area contributed by atoms with E-state index < -0.39 is 27.8 Å². The number of nitrogens with zero attached hydrogens (tertiary/aromatic N) is 1. The molecule has 2 aliphatic rings. The Hall–Kier alpha value is -3.05. The molecule has 0 radical (unpaired) electrons. The second-order valence-corrected chi connectivity index (χ2v) is 10.6. The highest BCUT2D eigenvalue weighted by Gasteiger charge is 2.46. The number of carbonyl (C=O) groups excluding carboxylic acids is 3. The maximum Gasteiger partial charge on any atom is 0.321 e. The molecule has 1 aromatic rings. The van der Waals surface area contributed by atoms with Gasteiger partial charge in [-0.15, -0.1) is 0 Å². The van der Waals surface area contributed by atoms with Gasteiger partial charge in [-0.25, -0.2) is 0 Å². The number of hydrogen-bond donors (Lipinski definition) is 3. The first kappa shape index (κ1) is 27.5. The van der Waals surface area contributed by atoms with Gasteiger partial charge in [0.25, 0.3) is 10.1 Å². The van der Waals surface area contributed by atoms with Crippen molar-refractivity contribution >= 4 is 45.1 Å². The minimum Gasteiger partial charge on any atom is -0.468 e. The molecule has 0 bridgehead atoms. The van der Waals surface area contributed by atoms with Gasteiger partial charge in [0.15, 0.2) is 5.78 Å². The summed E-state index contributed by atoms with van der Waals surface area (Å²) in [4.78, 5) is 46.7. The van der Waals surface area contributed by atoms with Crippen LogP contribution in [0.25, 0.3) is 11.6 Å². The zero-order valence-corrected chi connectivity index (χ0v) is 22.0. The van der Waals surface area contributed by atoms with E-state index in [1.54, 1.807) is 0 Å². The predicted molar refractivity (Wildman–Crippen MR) is 135 cm³/mol. The van der Waals surface area contributed by atoms with Crippen LogP contribution in [0.1, 0.15) is 56.0 Å². The van der Waals surface area contributed by atoms with E-state index in [-0.39, 0.29) is 42.9 Å². The number of allylic oxidation sites excluding steroid dienone is 2. The number of ketones is 1. The van der Waals surface area contributed by atoms with Gasteiger partial charge < -0.3 is 15.0 Å². The summed E-state index contributed by atoms with van der Waals surface area (Å²) in [6, 6.07) is 0. The van der Waals surface area contributed by atoms with Crippen LogP contribution >= 0.6 is 0 Å². The van der Waals surface area contributed by atoms with Gasteiger partial charge in [0, 0.05) is 47.0 Å². The van der Waals surface area contributed by atoms with Crippen LogP contribution in [-0.4, -0.2) is 60.7 Å². The molecule has 3 N–H and O–H groups in total. The van der Waals surface area contributed by atoms with Crippen molar-refractivity contribution in [3.8, 4) is 0 Å². The molecular formula is C25H33N3O7S. The quantitative estimate of drug-likeness (QED) is 0.191. The van der Waals surface area contributed by atoms with Gasteiger partial charge in [-0.1, -0.05) is 19.1 Å². The Morgan fingerprint density at radius 1 is 1.25 bits per heavy atom. The third-order valence-corrected chi connectivity index (χ3v) is 7.71. The maximum absolute atomic E-state index is 13.4. The van der Waals surface area contributed by atoms with Crippen LogP contribution in [-0.2, 0) is 24.4 Å². The van der Waals surface area contributed by atoms with E-state index in [0.717, 1.165) is 16.6 Å². The topological polar surface area (TPSA) is 155 Å². The Kier molecular flexibility index (Phi) is 8.35. The van der Waals surface area contributed by atoms with Crippen LogP contribution in [0.4, 0.5) is 0 Å². The summed E-state index contributed by atoms with van der Waals surface area (Å²) in [7, 11) is -2.83. The number of ether oxygens (including phenoxy) is 1. The van der Waals surface area contributed by atoms with E-state index in [1.165, 1.54) is 7.11 Å². The molecule has 36 heavy (non-hydrogen) atoms. The van der Waals surface area contributed by atoms with Crippen LogP contribution in [0.2, 0.25) is 0 Å². The number of esters is 1. The number of Topliss-reactive ketones (excluding diaryl/α,β-unsaturated/α-hetero) is 1. The lowest BCUT2D eigenvalue weighted by atomic mass is 9.81. The third kappa shape index (κ3) is 5.36. The predicted octanol–water partition coefficient (Wildman–Crippen LogP) is 1.04. The fourth-order valence-corrected chi connectivity index (χ4v) is 5.56. The Balaban J connectivity index is 1.94. The van der Waals surface area contributed by atoms with Crippen molar-refractivity contribution in [2.45, 2.75) is 47.0 Å². The van der Waals surface area contributed by atoms with Crippen molar-refractivity contribution in [2.75, 3.05) is 19.4 Å². The number of fused-ring (bicyclic) bond motifs is 1. The smallest absolute Gasteiger partial charge is 0.321 e. The average Bonchev–Trinajstić information content (AvgIpc) is 3.42. The van der Waals surface area contributed by atoms with Gasteiger partial charge in [-0.3, -0.25) is 23.9 Å². The largest absolute Gasteiger partial charge is 0.468 e. The van der Waals surface area contributed by atoms with Gasteiger partial charge >= 0.3 is 5.97 Å². The second-order valence-electron chi connectivity index (χ2n) is 9.07. The first-order chi connectivity index (χ1) is 16.9. The Labute approximate surface area is 210 Å². The van der Waals surface area contributed by atoms with Gasteiger partial charge in [-0.2, -0.15) is 8.42 Å². The number of rotatable bonds is 9. The number of carbonyl (C=O) groups is 3. The lowest BCUT2D eigenvalue weighted by molar-refractivity contribution is -0.141. The fourth-order valence-electron chi connectivity index (χ4n) is 5.05. The van der Waals surface area contributed by atoms with Gasteiger partial charge in [0.1, 0.15) is 5.92 Å². The van der Waals surface area contributed by atoms with E-state index in [4.69, 9.17) is 14.3 Å². The van der Waals surface area contributed by atoms with Crippen LogP contribution in [0.5, 0.6) is 0 Å². The summed E-state index contributed by atoms with van der Waals surface area (Å²) in [5.74, 6) is -3.06. The number of aliphatic imine (C=N–C) groups is 1. The molecule has 1 aromatic heterocycles. The van der Waals surface area contributed by atoms with Crippen molar-refractivity contribution in [1.82, 2.24) is 10.3 Å². The molecular weight excluding hydrogens is 486 g/mol. The highest BCUT2D eigenvalue weighted by atomic mass is 32.2.